The highest BCUT2D eigenvalue weighted by Crippen LogP contribution is 2.31. The van der Waals surface area contributed by atoms with Crippen LogP contribution in [0.15, 0.2) is 46.9 Å². The van der Waals surface area contributed by atoms with Gasteiger partial charge in [-0.2, -0.15) is 5.26 Å². The maximum absolute atomic E-state index is 9.23. The largest absolute Gasteiger partial charge is 0.376 e. The van der Waals surface area contributed by atoms with E-state index < -0.39 is 0 Å². The van der Waals surface area contributed by atoms with E-state index in [2.05, 4.69) is 27.3 Å². The topological polar surface area (TPSA) is 39.1 Å². The van der Waals surface area contributed by atoms with Crippen molar-refractivity contribution in [1.29, 1.82) is 5.26 Å². The lowest BCUT2D eigenvalue weighted by Crippen LogP contribution is -2.11. The van der Waals surface area contributed by atoms with Gasteiger partial charge in [0.1, 0.15) is 6.07 Å². The second-order valence-electron chi connectivity index (χ2n) is 4.31. The molecule has 0 aromatic heterocycles. The van der Waals surface area contributed by atoms with E-state index in [0.29, 0.717) is 5.56 Å². The number of hydrogen-bond acceptors (Lipinski definition) is 3. The van der Waals surface area contributed by atoms with Gasteiger partial charge in [0.05, 0.1) is 22.6 Å². The summed E-state index contributed by atoms with van der Waals surface area (Å²) in [5.41, 5.74) is 3.45. The molecular formula is C15H14BrN3. The van der Waals surface area contributed by atoms with Gasteiger partial charge >= 0.3 is 0 Å². The van der Waals surface area contributed by atoms with Crippen molar-refractivity contribution >= 4 is 33.0 Å². The van der Waals surface area contributed by atoms with Gasteiger partial charge < -0.3 is 10.2 Å². The summed E-state index contributed by atoms with van der Waals surface area (Å²) in [7, 11) is 3.99. The van der Waals surface area contributed by atoms with E-state index in [9.17, 15) is 5.26 Å². The molecule has 4 heteroatoms. The Bertz CT molecular complexity index is 630. The van der Waals surface area contributed by atoms with Crippen molar-refractivity contribution in [2.75, 3.05) is 24.3 Å². The van der Waals surface area contributed by atoms with Crippen LogP contribution in [-0.2, 0) is 0 Å². The SMILES string of the molecule is CN(C)c1ccccc1Nc1cccc(Br)c1C#N. The normalized spacial score (nSPS) is 9.79. The summed E-state index contributed by atoms with van der Waals surface area (Å²) in [5.74, 6) is 0. The van der Waals surface area contributed by atoms with Crippen LogP contribution in [0.2, 0.25) is 0 Å². The van der Waals surface area contributed by atoms with Crippen molar-refractivity contribution in [3.05, 3.63) is 52.5 Å². The number of rotatable bonds is 3. The number of hydrogen-bond donors (Lipinski definition) is 1. The summed E-state index contributed by atoms with van der Waals surface area (Å²) in [6.07, 6.45) is 0. The maximum Gasteiger partial charge on any atom is 0.103 e. The van der Waals surface area contributed by atoms with Gasteiger partial charge in [0.2, 0.25) is 0 Å². The maximum atomic E-state index is 9.23. The van der Waals surface area contributed by atoms with Crippen molar-refractivity contribution in [2.24, 2.45) is 0 Å². The molecule has 0 spiro atoms. The van der Waals surface area contributed by atoms with E-state index in [1.807, 2.05) is 61.5 Å². The monoisotopic (exact) mass is 315 g/mol. The minimum atomic E-state index is 0.607. The van der Waals surface area contributed by atoms with Gasteiger partial charge in [-0.1, -0.05) is 18.2 Å². The van der Waals surface area contributed by atoms with Crippen LogP contribution in [0, 0.1) is 11.3 Å². The fraction of sp³-hybridized carbons (Fsp3) is 0.133. The zero-order valence-corrected chi connectivity index (χ0v) is 12.4. The van der Waals surface area contributed by atoms with Crippen LogP contribution in [0.3, 0.4) is 0 Å². The molecule has 3 nitrogen and oxygen atoms in total. The molecule has 0 bridgehead atoms. The average Bonchev–Trinajstić information content (AvgIpc) is 2.39. The van der Waals surface area contributed by atoms with Gasteiger partial charge in [-0.05, 0) is 40.2 Å². The zero-order chi connectivity index (χ0) is 13.8. The third kappa shape index (κ3) is 2.88. The molecule has 19 heavy (non-hydrogen) atoms. The van der Waals surface area contributed by atoms with Crippen LogP contribution < -0.4 is 10.2 Å². The smallest absolute Gasteiger partial charge is 0.103 e. The van der Waals surface area contributed by atoms with Crippen molar-refractivity contribution in [3.63, 3.8) is 0 Å². The number of para-hydroxylation sites is 2. The van der Waals surface area contributed by atoms with Crippen LogP contribution in [0.1, 0.15) is 5.56 Å². The fourth-order valence-electron chi connectivity index (χ4n) is 1.86. The molecule has 0 heterocycles. The van der Waals surface area contributed by atoms with Crippen LogP contribution in [0.4, 0.5) is 17.1 Å². The van der Waals surface area contributed by atoms with Crippen LogP contribution >= 0.6 is 15.9 Å². The van der Waals surface area contributed by atoms with Crippen molar-refractivity contribution < 1.29 is 0 Å². The third-order valence-electron chi connectivity index (χ3n) is 2.78. The minimum Gasteiger partial charge on any atom is -0.376 e. The Morgan fingerprint density at radius 3 is 2.42 bits per heavy atom. The van der Waals surface area contributed by atoms with Crippen LogP contribution in [0.25, 0.3) is 0 Å². The van der Waals surface area contributed by atoms with Crippen LogP contribution in [-0.4, -0.2) is 14.1 Å². The lowest BCUT2D eigenvalue weighted by atomic mass is 10.1. The van der Waals surface area contributed by atoms with Crippen molar-refractivity contribution in [3.8, 4) is 6.07 Å². The first-order valence-corrected chi connectivity index (χ1v) is 6.64. The number of benzene rings is 2. The Balaban J connectivity index is 2.43. The molecular weight excluding hydrogens is 302 g/mol. The molecule has 0 radical (unpaired) electrons. The highest BCUT2D eigenvalue weighted by Gasteiger charge is 2.09. The van der Waals surface area contributed by atoms with E-state index in [0.717, 1.165) is 21.5 Å². The van der Waals surface area contributed by atoms with E-state index in [1.54, 1.807) is 0 Å². The standard InChI is InChI=1S/C15H14BrN3/c1-19(2)15-9-4-3-7-14(15)18-13-8-5-6-12(16)11(13)10-17/h3-9,18H,1-2H3. The Morgan fingerprint density at radius 2 is 1.74 bits per heavy atom. The Labute approximate surface area is 121 Å². The first-order chi connectivity index (χ1) is 9.13. The predicted molar refractivity (Wildman–Crippen MR) is 82.9 cm³/mol. The van der Waals surface area contributed by atoms with E-state index in [-0.39, 0.29) is 0 Å². The molecule has 1 N–H and O–H groups in total. The quantitative estimate of drug-likeness (QED) is 0.925. The molecule has 0 atom stereocenters. The average molecular weight is 316 g/mol. The first-order valence-electron chi connectivity index (χ1n) is 5.85. The summed E-state index contributed by atoms with van der Waals surface area (Å²) in [5, 5.41) is 12.5. The second-order valence-corrected chi connectivity index (χ2v) is 5.17. The van der Waals surface area contributed by atoms with E-state index in [1.165, 1.54) is 0 Å². The molecule has 96 valence electrons. The van der Waals surface area contributed by atoms with Gasteiger partial charge in [0.15, 0.2) is 0 Å². The molecule has 0 aliphatic rings. The number of anilines is 3. The molecule has 0 aliphatic carbocycles. The molecule has 0 saturated heterocycles. The summed E-state index contributed by atoms with van der Waals surface area (Å²) in [4.78, 5) is 2.03. The molecule has 0 unspecified atom stereocenters. The number of nitrogens with one attached hydrogen (secondary N) is 1. The van der Waals surface area contributed by atoms with Crippen molar-refractivity contribution in [2.45, 2.75) is 0 Å². The Kier molecular flexibility index (Phi) is 4.08. The summed E-state index contributed by atoms with van der Waals surface area (Å²) >= 11 is 3.40. The van der Waals surface area contributed by atoms with Crippen LogP contribution in [0.5, 0.6) is 0 Å². The first kappa shape index (κ1) is 13.4. The van der Waals surface area contributed by atoms with Gasteiger partial charge in [-0.15, -0.1) is 0 Å². The van der Waals surface area contributed by atoms with Gasteiger partial charge in [-0.3, -0.25) is 0 Å². The molecule has 0 aliphatic heterocycles. The zero-order valence-electron chi connectivity index (χ0n) is 10.8. The van der Waals surface area contributed by atoms with E-state index >= 15 is 0 Å². The lowest BCUT2D eigenvalue weighted by Gasteiger charge is -2.19. The van der Waals surface area contributed by atoms with Gasteiger partial charge in [-0.25, -0.2) is 0 Å². The van der Waals surface area contributed by atoms with Crippen molar-refractivity contribution in [1.82, 2.24) is 0 Å². The second kappa shape index (κ2) is 5.77. The fourth-order valence-corrected chi connectivity index (χ4v) is 2.31. The number of nitrogens with zero attached hydrogens (tertiary/aromatic N) is 2. The summed E-state index contributed by atoms with van der Waals surface area (Å²) in [6, 6.07) is 15.9. The lowest BCUT2D eigenvalue weighted by molar-refractivity contribution is 1.13. The Hall–Kier alpha value is -1.99. The molecule has 0 amide bonds. The predicted octanol–water partition coefficient (Wildman–Crippen LogP) is 4.13. The molecule has 0 fully saturated rings. The third-order valence-corrected chi connectivity index (χ3v) is 3.44. The van der Waals surface area contributed by atoms with E-state index in [4.69, 9.17) is 0 Å². The Morgan fingerprint density at radius 1 is 1.05 bits per heavy atom. The number of nitriles is 1. The summed E-state index contributed by atoms with van der Waals surface area (Å²) < 4.78 is 0.794. The van der Waals surface area contributed by atoms with Gasteiger partial charge in [0, 0.05) is 18.6 Å². The highest BCUT2D eigenvalue weighted by atomic mass is 79.9. The summed E-state index contributed by atoms with van der Waals surface area (Å²) in [6.45, 7) is 0. The molecule has 2 rings (SSSR count). The highest BCUT2D eigenvalue weighted by molar-refractivity contribution is 9.10. The van der Waals surface area contributed by atoms with Gasteiger partial charge in [0.25, 0.3) is 0 Å². The molecule has 0 saturated carbocycles. The minimum absolute atomic E-state index is 0.607. The molecule has 2 aromatic rings. The number of halogens is 1. The molecule has 2 aromatic carbocycles.